The second kappa shape index (κ2) is 4.35. The quantitative estimate of drug-likeness (QED) is 0.897. The Morgan fingerprint density at radius 1 is 1.60 bits per heavy atom. The van der Waals surface area contributed by atoms with Crippen molar-refractivity contribution < 1.29 is 4.42 Å². The second-order valence-corrected chi connectivity index (χ2v) is 4.49. The maximum atomic E-state index is 6.00. The van der Waals surface area contributed by atoms with E-state index in [1.165, 1.54) is 0 Å². The third-order valence-electron chi connectivity index (χ3n) is 2.17. The Hall–Kier alpha value is -0.840. The molecule has 2 aromatic rings. The van der Waals surface area contributed by atoms with Crippen molar-refractivity contribution in [3.8, 4) is 10.6 Å². The number of hydrogen-bond acceptors (Lipinski definition) is 4. The summed E-state index contributed by atoms with van der Waals surface area (Å²) in [5.41, 5.74) is 0. The van der Waals surface area contributed by atoms with Gasteiger partial charge in [-0.1, -0.05) is 11.6 Å². The minimum atomic E-state index is 0.109. The Labute approximate surface area is 97.1 Å². The molecule has 1 N–H and O–H groups in total. The van der Waals surface area contributed by atoms with Gasteiger partial charge in [0.05, 0.1) is 22.1 Å². The first kappa shape index (κ1) is 10.7. The molecule has 3 nitrogen and oxygen atoms in total. The van der Waals surface area contributed by atoms with Crippen LogP contribution in [-0.4, -0.2) is 12.0 Å². The zero-order valence-electron chi connectivity index (χ0n) is 8.45. The van der Waals surface area contributed by atoms with Gasteiger partial charge in [-0.05, 0) is 25.4 Å². The summed E-state index contributed by atoms with van der Waals surface area (Å²) in [7, 11) is 1.87. The zero-order valence-corrected chi connectivity index (χ0v) is 10.0. The zero-order chi connectivity index (χ0) is 10.8. The first-order valence-corrected chi connectivity index (χ1v) is 5.84. The van der Waals surface area contributed by atoms with E-state index in [4.69, 9.17) is 16.0 Å². The summed E-state index contributed by atoms with van der Waals surface area (Å²) in [6.07, 6.45) is 1.71. The number of hydrogen-bond donors (Lipinski definition) is 1. The lowest BCUT2D eigenvalue weighted by atomic mass is 10.3. The number of oxazole rings is 1. The molecule has 0 spiro atoms. The second-order valence-electron chi connectivity index (χ2n) is 3.17. The summed E-state index contributed by atoms with van der Waals surface area (Å²) in [6, 6.07) is 1.96. The van der Waals surface area contributed by atoms with Crippen molar-refractivity contribution in [3.05, 3.63) is 28.6 Å². The van der Waals surface area contributed by atoms with Gasteiger partial charge >= 0.3 is 0 Å². The van der Waals surface area contributed by atoms with Crippen LogP contribution in [0.4, 0.5) is 0 Å². The molecule has 1 unspecified atom stereocenters. The van der Waals surface area contributed by atoms with E-state index in [0.717, 1.165) is 10.6 Å². The fraction of sp³-hybridized carbons (Fsp3) is 0.300. The molecular formula is C10H11ClN2OS. The largest absolute Gasteiger partial charge is 0.438 e. The number of aromatic nitrogens is 1. The lowest BCUT2D eigenvalue weighted by molar-refractivity contribution is 0.442. The molecule has 0 aliphatic heterocycles. The van der Waals surface area contributed by atoms with Crippen molar-refractivity contribution in [1.29, 1.82) is 0 Å². The lowest BCUT2D eigenvalue weighted by Gasteiger charge is -2.03. The lowest BCUT2D eigenvalue weighted by Crippen LogP contribution is -2.12. The predicted molar refractivity (Wildman–Crippen MR) is 62.3 cm³/mol. The third kappa shape index (κ3) is 2.07. The molecule has 1 atom stereocenters. The van der Waals surface area contributed by atoms with Gasteiger partial charge < -0.3 is 9.73 Å². The molecule has 0 saturated carbocycles. The van der Waals surface area contributed by atoms with Gasteiger partial charge in [-0.2, -0.15) is 0 Å². The molecule has 15 heavy (non-hydrogen) atoms. The van der Waals surface area contributed by atoms with E-state index in [0.29, 0.717) is 10.9 Å². The summed E-state index contributed by atoms with van der Waals surface area (Å²) >= 11 is 7.55. The maximum Gasteiger partial charge on any atom is 0.211 e. The van der Waals surface area contributed by atoms with E-state index in [9.17, 15) is 0 Å². The Morgan fingerprint density at radius 3 is 3.00 bits per heavy atom. The highest BCUT2D eigenvalue weighted by Gasteiger charge is 2.14. The van der Waals surface area contributed by atoms with Gasteiger partial charge in [0.1, 0.15) is 0 Å². The van der Waals surface area contributed by atoms with Gasteiger partial charge in [0.25, 0.3) is 0 Å². The summed E-state index contributed by atoms with van der Waals surface area (Å²) in [5, 5.41) is 5.71. The van der Waals surface area contributed by atoms with E-state index >= 15 is 0 Å². The van der Waals surface area contributed by atoms with E-state index in [1.807, 2.05) is 25.4 Å². The minimum absolute atomic E-state index is 0.109. The summed E-state index contributed by atoms with van der Waals surface area (Å²) in [5.74, 6) is 1.41. The molecule has 0 aliphatic carbocycles. The van der Waals surface area contributed by atoms with E-state index < -0.39 is 0 Å². The van der Waals surface area contributed by atoms with Gasteiger partial charge in [-0.3, -0.25) is 0 Å². The molecular weight excluding hydrogens is 232 g/mol. The van der Waals surface area contributed by atoms with Crippen molar-refractivity contribution in [1.82, 2.24) is 10.3 Å². The molecule has 0 saturated heterocycles. The van der Waals surface area contributed by atoms with Crippen molar-refractivity contribution in [2.75, 3.05) is 7.05 Å². The first-order valence-electron chi connectivity index (χ1n) is 4.58. The first-order chi connectivity index (χ1) is 7.22. The van der Waals surface area contributed by atoms with Crippen LogP contribution < -0.4 is 5.32 Å². The number of nitrogens with zero attached hydrogens (tertiary/aromatic N) is 1. The Morgan fingerprint density at radius 2 is 2.40 bits per heavy atom. The van der Waals surface area contributed by atoms with Crippen LogP contribution in [0.2, 0.25) is 5.02 Å². The number of halogens is 1. The highest BCUT2D eigenvalue weighted by molar-refractivity contribution is 7.14. The van der Waals surface area contributed by atoms with E-state index in [1.54, 1.807) is 17.5 Å². The SMILES string of the molecule is CNC(C)c1ncc(-c2sccc2Cl)o1. The highest BCUT2D eigenvalue weighted by atomic mass is 35.5. The van der Waals surface area contributed by atoms with Crippen molar-refractivity contribution in [2.24, 2.45) is 0 Å². The summed E-state index contributed by atoms with van der Waals surface area (Å²) < 4.78 is 5.61. The fourth-order valence-corrected chi connectivity index (χ4v) is 2.28. The van der Waals surface area contributed by atoms with E-state index in [2.05, 4.69) is 10.3 Å². The van der Waals surface area contributed by atoms with Gasteiger partial charge in [0, 0.05) is 0 Å². The van der Waals surface area contributed by atoms with Crippen LogP contribution >= 0.6 is 22.9 Å². The van der Waals surface area contributed by atoms with Gasteiger partial charge in [-0.25, -0.2) is 4.98 Å². The van der Waals surface area contributed by atoms with Crippen LogP contribution in [0.3, 0.4) is 0 Å². The van der Waals surface area contributed by atoms with Crippen LogP contribution in [0.1, 0.15) is 18.9 Å². The van der Waals surface area contributed by atoms with Crippen LogP contribution in [0.15, 0.2) is 22.1 Å². The minimum Gasteiger partial charge on any atom is -0.438 e. The topological polar surface area (TPSA) is 38.1 Å². The smallest absolute Gasteiger partial charge is 0.211 e. The molecule has 2 aromatic heterocycles. The van der Waals surface area contributed by atoms with E-state index in [-0.39, 0.29) is 6.04 Å². The Bertz CT molecular complexity index is 452. The third-order valence-corrected chi connectivity index (χ3v) is 3.52. The van der Waals surface area contributed by atoms with Crippen LogP contribution in [-0.2, 0) is 0 Å². The van der Waals surface area contributed by atoms with Crippen molar-refractivity contribution in [3.63, 3.8) is 0 Å². The molecule has 0 amide bonds. The molecule has 80 valence electrons. The summed E-state index contributed by atoms with van der Waals surface area (Å²) in [4.78, 5) is 5.13. The standard InChI is InChI=1S/C10H11ClN2OS/c1-6(12-2)10-13-5-8(14-10)9-7(11)3-4-15-9/h3-6,12H,1-2H3. The average Bonchev–Trinajstić information content (AvgIpc) is 2.84. The van der Waals surface area contributed by atoms with Gasteiger partial charge in [0.15, 0.2) is 5.76 Å². The molecule has 0 fully saturated rings. The van der Waals surface area contributed by atoms with Crippen molar-refractivity contribution in [2.45, 2.75) is 13.0 Å². The molecule has 0 bridgehead atoms. The van der Waals surface area contributed by atoms with Crippen LogP contribution in [0.25, 0.3) is 10.6 Å². The fourth-order valence-electron chi connectivity index (χ4n) is 1.19. The number of nitrogens with one attached hydrogen (secondary N) is 1. The normalized spacial score (nSPS) is 13.0. The Kier molecular flexibility index (Phi) is 3.09. The van der Waals surface area contributed by atoms with Crippen molar-refractivity contribution >= 4 is 22.9 Å². The highest BCUT2D eigenvalue weighted by Crippen LogP contribution is 2.34. The molecule has 2 rings (SSSR count). The monoisotopic (exact) mass is 242 g/mol. The molecule has 5 heteroatoms. The number of rotatable bonds is 3. The molecule has 0 radical (unpaired) electrons. The number of thiophene rings is 1. The van der Waals surface area contributed by atoms with Gasteiger partial charge in [-0.15, -0.1) is 11.3 Å². The Balaban J connectivity index is 2.32. The average molecular weight is 243 g/mol. The van der Waals surface area contributed by atoms with Crippen LogP contribution in [0, 0.1) is 0 Å². The van der Waals surface area contributed by atoms with Gasteiger partial charge in [0.2, 0.25) is 5.89 Å². The van der Waals surface area contributed by atoms with Crippen LogP contribution in [0.5, 0.6) is 0 Å². The molecule has 2 heterocycles. The predicted octanol–water partition coefficient (Wildman–Crippen LogP) is 3.34. The maximum absolute atomic E-state index is 6.00. The molecule has 0 aromatic carbocycles. The summed E-state index contributed by atoms with van der Waals surface area (Å²) in [6.45, 7) is 1.99. The molecule has 0 aliphatic rings.